The second-order valence-electron chi connectivity index (χ2n) is 6.12. The third kappa shape index (κ3) is 2.07. The number of alkyl halides is 2. The number of halogens is 3. The van der Waals surface area contributed by atoms with E-state index in [4.69, 9.17) is 0 Å². The Labute approximate surface area is 117 Å². The third-order valence-corrected chi connectivity index (χ3v) is 5.06. The highest BCUT2D eigenvalue weighted by atomic mass is 19.3. The Balaban J connectivity index is 1.84. The molecule has 1 aromatic carbocycles. The topological polar surface area (TPSA) is 0 Å². The molecule has 3 rings (SSSR count). The first kappa shape index (κ1) is 13.7. The van der Waals surface area contributed by atoms with E-state index in [1.54, 1.807) is 6.07 Å². The number of hydrogen-bond acceptors (Lipinski definition) is 0. The van der Waals surface area contributed by atoms with E-state index >= 15 is 0 Å². The molecule has 0 nitrogen and oxygen atoms in total. The van der Waals surface area contributed by atoms with E-state index in [0.29, 0.717) is 17.9 Å². The standard InChI is InChI=1S/C17H19F3/c1-2-11-6-8-12(9-7-11)14-10-13-4-3-5-15(18)16(13)17(14,19)20/h2-5,11-12,14H,1,6-10H2. The van der Waals surface area contributed by atoms with Crippen LogP contribution in [0.2, 0.25) is 0 Å². The monoisotopic (exact) mass is 280 g/mol. The molecule has 0 heterocycles. The van der Waals surface area contributed by atoms with Crippen LogP contribution in [0.25, 0.3) is 0 Å². The van der Waals surface area contributed by atoms with Gasteiger partial charge in [0.1, 0.15) is 5.82 Å². The predicted molar refractivity (Wildman–Crippen MR) is 73.1 cm³/mol. The third-order valence-electron chi connectivity index (χ3n) is 5.06. The highest BCUT2D eigenvalue weighted by Gasteiger charge is 2.53. The van der Waals surface area contributed by atoms with Gasteiger partial charge in [-0.3, -0.25) is 0 Å². The zero-order chi connectivity index (χ0) is 14.3. The smallest absolute Gasteiger partial charge is 0.206 e. The zero-order valence-corrected chi connectivity index (χ0v) is 11.4. The van der Waals surface area contributed by atoms with Gasteiger partial charge in [-0.25, -0.2) is 13.2 Å². The van der Waals surface area contributed by atoms with Crippen molar-refractivity contribution in [2.24, 2.45) is 17.8 Å². The molecule has 3 heteroatoms. The van der Waals surface area contributed by atoms with Crippen LogP contribution in [0, 0.1) is 23.6 Å². The van der Waals surface area contributed by atoms with Gasteiger partial charge in [0.05, 0.1) is 5.56 Å². The van der Waals surface area contributed by atoms with Crippen LogP contribution in [-0.4, -0.2) is 0 Å². The molecular formula is C17H19F3. The lowest BCUT2D eigenvalue weighted by Gasteiger charge is -2.33. The molecule has 0 saturated heterocycles. The van der Waals surface area contributed by atoms with Gasteiger partial charge >= 0.3 is 0 Å². The van der Waals surface area contributed by atoms with Gasteiger partial charge in [0, 0.05) is 5.92 Å². The summed E-state index contributed by atoms with van der Waals surface area (Å²) in [5.41, 5.74) is 0.140. The Morgan fingerprint density at radius 2 is 1.85 bits per heavy atom. The quantitative estimate of drug-likeness (QED) is 0.662. The molecule has 0 amide bonds. The fraction of sp³-hybridized carbons (Fsp3) is 0.529. The van der Waals surface area contributed by atoms with Crippen LogP contribution in [0.5, 0.6) is 0 Å². The molecule has 0 radical (unpaired) electrons. The molecule has 0 spiro atoms. The summed E-state index contributed by atoms with van der Waals surface area (Å²) < 4.78 is 42.9. The van der Waals surface area contributed by atoms with Crippen LogP contribution < -0.4 is 0 Å². The van der Waals surface area contributed by atoms with E-state index < -0.39 is 17.7 Å². The summed E-state index contributed by atoms with van der Waals surface area (Å²) in [7, 11) is 0. The summed E-state index contributed by atoms with van der Waals surface area (Å²) in [5.74, 6) is -4.06. The molecule has 20 heavy (non-hydrogen) atoms. The van der Waals surface area contributed by atoms with Gasteiger partial charge in [-0.05, 0) is 55.6 Å². The fourth-order valence-electron chi connectivity index (χ4n) is 3.91. The Bertz CT molecular complexity index is 513. The molecule has 1 aromatic rings. The van der Waals surface area contributed by atoms with Gasteiger partial charge in [0.25, 0.3) is 5.92 Å². The number of benzene rings is 1. The summed E-state index contributed by atoms with van der Waals surface area (Å²) in [6.45, 7) is 3.78. The van der Waals surface area contributed by atoms with E-state index in [9.17, 15) is 13.2 Å². The van der Waals surface area contributed by atoms with Crippen LogP contribution in [0.15, 0.2) is 30.9 Å². The lowest BCUT2D eigenvalue weighted by molar-refractivity contribution is -0.0831. The SMILES string of the molecule is C=CC1CCC(C2Cc3cccc(F)c3C2(F)F)CC1. The van der Waals surface area contributed by atoms with E-state index in [0.717, 1.165) is 31.7 Å². The summed E-state index contributed by atoms with van der Waals surface area (Å²) in [5, 5.41) is 0. The largest absolute Gasteiger partial charge is 0.279 e. The maximum atomic E-state index is 14.6. The van der Waals surface area contributed by atoms with Crippen LogP contribution in [0.1, 0.15) is 36.8 Å². The zero-order valence-electron chi connectivity index (χ0n) is 11.4. The average molecular weight is 280 g/mol. The molecule has 0 aromatic heterocycles. The number of rotatable bonds is 2. The van der Waals surface area contributed by atoms with Crippen molar-refractivity contribution in [3.63, 3.8) is 0 Å². The summed E-state index contributed by atoms with van der Waals surface area (Å²) in [4.78, 5) is 0. The molecular weight excluding hydrogens is 261 g/mol. The van der Waals surface area contributed by atoms with Crippen molar-refractivity contribution < 1.29 is 13.2 Å². The number of allylic oxidation sites excluding steroid dienone is 1. The Hall–Kier alpha value is -1.25. The molecule has 1 unspecified atom stereocenters. The molecule has 1 atom stereocenters. The molecule has 108 valence electrons. The van der Waals surface area contributed by atoms with Crippen molar-refractivity contribution in [2.45, 2.75) is 38.0 Å². The van der Waals surface area contributed by atoms with Gasteiger partial charge in [-0.1, -0.05) is 18.2 Å². The first-order chi connectivity index (χ1) is 9.54. The van der Waals surface area contributed by atoms with Crippen molar-refractivity contribution >= 4 is 0 Å². The lowest BCUT2D eigenvalue weighted by atomic mass is 9.74. The van der Waals surface area contributed by atoms with E-state index in [1.165, 1.54) is 6.07 Å². The number of hydrogen-bond donors (Lipinski definition) is 0. The Morgan fingerprint density at radius 3 is 2.45 bits per heavy atom. The normalized spacial score (nSPS) is 31.9. The Morgan fingerprint density at radius 1 is 1.15 bits per heavy atom. The van der Waals surface area contributed by atoms with Crippen molar-refractivity contribution in [2.75, 3.05) is 0 Å². The predicted octanol–water partition coefficient (Wildman–Crippen LogP) is 5.08. The minimum atomic E-state index is -3.02. The Kier molecular flexibility index (Phi) is 3.39. The minimum Gasteiger partial charge on any atom is -0.206 e. The maximum Gasteiger partial charge on any atom is 0.279 e. The molecule has 1 fully saturated rings. The van der Waals surface area contributed by atoms with Crippen LogP contribution in [-0.2, 0) is 12.3 Å². The van der Waals surface area contributed by atoms with E-state index in [-0.39, 0.29) is 11.5 Å². The van der Waals surface area contributed by atoms with Gasteiger partial charge in [0.2, 0.25) is 0 Å². The van der Waals surface area contributed by atoms with Crippen molar-refractivity contribution in [1.82, 2.24) is 0 Å². The fourth-order valence-corrected chi connectivity index (χ4v) is 3.91. The highest BCUT2D eigenvalue weighted by Crippen LogP contribution is 2.53. The number of fused-ring (bicyclic) bond motifs is 1. The lowest BCUT2D eigenvalue weighted by Crippen LogP contribution is -2.31. The van der Waals surface area contributed by atoms with Gasteiger partial charge in [-0.15, -0.1) is 6.58 Å². The van der Waals surface area contributed by atoms with Crippen LogP contribution in [0.4, 0.5) is 13.2 Å². The molecule has 0 bridgehead atoms. The second kappa shape index (κ2) is 4.94. The van der Waals surface area contributed by atoms with E-state index in [2.05, 4.69) is 6.58 Å². The average Bonchev–Trinajstić information content (AvgIpc) is 2.72. The first-order valence-electron chi connectivity index (χ1n) is 7.32. The molecule has 2 aliphatic carbocycles. The van der Waals surface area contributed by atoms with Crippen LogP contribution >= 0.6 is 0 Å². The van der Waals surface area contributed by atoms with Gasteiger partial charge in [0.15, 0.2) is 0 Å². The van der Waals surface area contributed by atoms with Gasteiger partial charge < -0.3 is 0 Å². The summed E-state index contributed by atoms with van der Waals surface area (Å²) in [6, 6.07) is 4.31. The minimum absolute atomic E-state index is 0.00648. The van der Waals surface area contributed by atoms with E-state index in [1.807, 2.05) is 6.08 Å². The summed E-state index contributed by atoms with van der Waals surface area (Å²) in [6.07, 6.45) is 5.69. The molecule has 0 N–H and O–H groups in total. The molecule has 2 aliphatic rings. The molecule has 0 aliphatic heterocycles. The second-order valence-corrected chi connectivity index (χ2v) is 6.12. The maximum absolute atomic E-state index is 14.6. The highest BCUT2D eigenvalue weighted by molar-refractivity contribution is 5.38. The van der Waals surface area contributed by atoms with Crippen molar-refractivity contribution in [3.8, 4) is 0 Å². The molecule has 1 saturated carbocycles. The van der Waals surface area contributed by atoms with Crippen molar-refractivity contribution in [1.29, 1.82) is 0 Å². The summed E-state index contributed by atoms with van der Waals surface area (Å²) >= 11 is 0. The first-order valence-corrected chi connectivity index (χ1v) is 7.32. The van der Waals surface area contributed by atoms with Gasteiger partial charge in [-0.2, -0.15) is 0 Å². The van der Waals surface area contributed by atoms with Crippen LogP contribution in [0.3, 0.4) is 0 Å². The van der Waals surface area contributed by atoms with Crippen molar-refractivity contribution in [3.05, 3.63) is 47.8 Å².